The van der Waals surface area contributed by atoms with Crippen LogP contribution in [0.15, 0.2) is 12.3 Å². The summed E-state index contributed by atoms with van der Waals surface area (Å²) >= 11 is 5.97. The lowest BCUT2D eigenvalue weighted by Crippen LogP contribution is -2.37. The van der Waals surface area contributed by atoms with Crippen LogP contribution in [0.1, 0.15) is 23.7 Å². The van der Waals surface area contributed by atoms with Gasteiger partial charge in [0.25, 0.3) is 5.91 Å². The van der Waals surface area contributed by atoms with Crippen molar-refractivity contribution in [3.63, 3.8) is 0 Å². The zero-order valence-corrected chi connectivity index (χ0v) is 11.5. The fourth-order valence-corrected chi connectivity index (χ4v) is 1.66. The standard InChI is InChI=1S/C12H18ClN3O2/c1-4-8(7-18-3)16-12(17)9-5-11(14-2)15-6-10(9)13/h5-6,8H,4,7H2,1-3H3,(H,14,15)(H,16,17). The number of rotatable bonds is 6. The number of methoxy groups -OCH3 is 1. The van der Waals surface area contributed by atoms with Crippen molar-refractivity contribution in [2.75, 3.05) is 26.1 Å². The van der Waals surface area contributed by atoms with Crippen molar-refractivity contribution < 1.29 is 9.53 Å². The Morgan fingerprint density at radius 3 is 2.89 bits per heavy atom. The predicted octanol–water partition coefficient (Wildman–Crippen LogP) is 1.93. The maximum absolute atomic E-state index is 12.1. The van der Waals surface area contributed by atoms with Gasteiger partial charge in [0, 0.05) is 20.4 Å². The number of halogens is 1. The first-order chi connectivity index (χ1) is 8.62. The summed E-state index contributed by atoms with van der Waals surface area (Å²) in [5.74, 6) is 0.382. The van der Waals surface area contributed by atoms with E-state index in [1.807, 2.05) is 6.92 Å². The number of ether oxygens (including phenoxy) is 1. The van der Waals surface area contributed by atoms with Crippen molar-refractivity contribution in [2.24, 2.45) is 0 Å². The van der Waals surface area contributed by atoms with Crippen LogP contribution in [0.3, 0.4) is 0 Å². The van der Waals surface area contributed by atoms with Crippen molar-refractivity contribution in [3.05, 3.63) is 22.8 Å². The molecule has 1 heterocycles. The lowest BCUT2D eigenvalue weighted by molar-refractivity contribution is 0.0894. The minimum absolute atomic E-state index is 0.0234. The van der Waals surface area contributed by atoms with E-state index >= 15 is 0 Å². The van der Waals surface area contributed by atoms with E-state index in [0.29, 0.717) is 23.0 Å². The Morgan fingerprint density at radius 2 is 2.33 bits per heavy atom. The van der Waals surface area contributed by atoms with Gasteiger partial charge in [-0.2, -0.15) is 0 Å². The van der Waals surface area contributed by atoms with Crippen LogP contribution in [0, 0.1) is 0 Å². The Hall–Kier alpha value is -1.33. The Morgan fingerprint density at radius 1 is 1.61 bits per heavy atom. The number of nitrogens with zero attached hydrogens (tertiary/aromatic N) is 1. The van der Waals surface area contributed by atoms with Crippen LogP contribution >= 0.6 is 11.6 Å². The van der Waals surface area contributed by atoms with Crippen LogP contribution < -0.4 is 10.6 Å². The molecule has 0 fully saturated rings. The minimum Gasteiger partial charge on any atom is -0.383 e. The summed E-state index contributed by atoms with van der Waals surface area (Å²) in [7, 11) is 3.34. The second kappa shape index (κ2) is 7.18. The maximum Gasteiger partial charge on any atom is 0.253 e. The van der Waals surface area contributed by atoms with Crippen molar-refractivity contribution in [2.45, 2.75) is 19.4 Å². The summed E-state index contributed by atoms with van der Waals surface area (Å²) in [4.78, 5) is 16.1. The molecule has 0 aliphatic carbocycles. The molecule has 18 heavy (non-hydrogen) atoms. The predicted molar refractivity (Wildman–Crippen MR) is 72.2 cm³/mol. The molecule has 0 radical (unpaired) electrons. The zero-order valence-electron chi connectivity index (χ0n) is 10.8. The van der Waals surface area contributed by atoms with E-state index in [1.54, 1.807) is 20.2 Å². The van der Waals surface area contributed by atoms with Crippen LogP contribution in [0.4, 0.5) is 5.82 Å². The molecule has 0 aliphatic heterocycles. The molecule has 2 N–H and O–H groups in total. The number of hydrogen-bond donors (Lipinski definition) is 2. The number of nitrogens with one attached hydrogen (secondary N) is 2. The first kappa shape index (κ1) is 14.7. The molecule has 0 saturated carbocycles. The van der Waals surface area contributed by atoms with Gasteiger partial charge in [0.1, 0.15) is 5.82 Å². The summed E-state index contributed by atoms with van der Waals surface area (Å²) in [5.41, 5.74) is 0.408. The molecule has 1 aromatic rings. The Labute approximate surface area is 112 Å². The molecule has 1 amide bonds. The highest BCUT2D eigenvalue weighted by molar-refractivity contribution is 6.33. The normalized spacial score (nSPS) is 12.0. The van der Waals surface area contributed by atoms with Crippen molar-refractivity contribution in [1.82, 2.24) is 10.3 Å². The molecule has 0 spiro atoms. The molecular weight excluding hydrogens is 254 g/mol. The van der Waals surface area contributed by atoms with E-state index in [-0.39, 0.29) is 11.9 Å². The van der Waals surface area contributed by atoms with Gasteiger partial charge in [-0.15, -0.1) is 0 Å². The van der Waals surface area contributed by atoms with E-state index in [4.69, 9.17) is 16.3 Å². The van der Waals surface area contributed by atoms with Gasteiger partial charge in [-0.3, -0.25) is 4.79 Å². The van der Waals surface area contributed by atoms with Gasteiger partial charge in [-0.05, 0) is 12.5 Å². The van der Waals surface area contributed by atoms with Crippen LogP contribution in [0.2, 0.25) is 5.02 Å². The van der Waals surface area contributed by atoms with Crippen LogP contribution in [-0.2, 0) is 4.74 Å². The third-order valence-electron chi connectivity index (χ3n) is 2.55. The van der Waals surface area contributed by atoms with E-state index in [1.165, 1.54) is 6.20 Å². The first-order valence-electron chi connectivity index (χ1n) is 5.75. The average Bonchev–Trinajstić information content (AvgIpc) is 2.38. The highest BCUT2D eigenvalue weighted by atomic mass is 35.5. The Bertz CT molecular complexity index is 412. The third kappa shape index (κ3) is 3.85. The topological polar surface area (TPSA) is 63.2 Å². The molecule has 0 aromatic carbocycles. The molecule has 0 aliphatic rings. The van der Waals surface area contributed by atoms with Crippen molar-refractivity contribution in [3.8, 4) is 0 Å². The second-order valence-electron chi connectivity index (χ2n) is 3.83. The van der Waals surface area contributed by atoms with Crippen molar-refractivity contribution in [1.29, 1.82) is 0 Å². The molecule has 100 valence electrons. The fraction of sp³-hybridized carbons (Fsp3) is 0.500. The second-order valence-corrected chi connectivity index (χ2v) is 4.24. The molecule has 1 atom stereocenters. The van der Waals surface area contributed by atoms with Gasteiger partial charge >= 0.3 is 0 Å². The summed E-state index contributed by atoms with van der Waals surface area (Å²) in [6.45, 7) is 2.46. The first-order valence-corrected chi connectivity index (χ1v) is 6.13. The van der Waals surface area contributed by atoms with Gasteiger partial charge in [0.15, 0.2) is 0 Å². The highest BCUT2D eigenvalue weighted by Gasteiger charge is 2.15. The van der Waals surface area contributed by atoms with Gasteiger partial charge in [0.2, 0.25) is 0 Å². The number of pyridine rings is 1. The monoisotopic (exact) mass is 271 g/mol. The van der Waals surface area contributed by atoms with Crippen LogP contribution in [-0.4, -0.2) is 37.7 Å². The van der Waals surface area contributed by atoms with Crippen molar-refractivity contribution >= 4 is 23.3 Å². The van der Waals surface area contributed by atoms with E-state index in [9.17, 15) is 4.79 Å². The Kier molecular flexibility index (Phi) is 5.88. The van der Waals surface area contributed by atoms with E-state index in [2.05, 4.69) is 15.6 Å². The van der Waals surface area contributed by atoms with Crippen LogP contribution in [0.25, 0.3) is 0 Å². The van der Waals surface area contributed by atoms with Gasteiger partial charge in [0.05, 0.1) is 23.2 Å². The lowest BCUT2D eigenvalue weighted by Gasteiger charge is -2.16. The number of carbonyl (C=O) groups excluding carboxylic acids is 1. The Balaban J connectivity index is 2.82. The molecule has 1 unspecified atom stereocenters. The zero-order chi connectivity index (χ0) is 13.5. The molecular formula is C12H18ClN3O2. The third-order valence-corrected chi connectivity index (χ3v) is 2.85. The molecule has 0 saturated heterocycles. The SMILES string of the molecule is CCC(COC)NC(=O)c1cc(NC)ncc1Cl. The fourth-order valence-electron chi connectivity index (χ4n) is 1.48. The summed E-state index contributed by atoms with van der Waals surface area (Å²) in [5, 5.41) is 6.07. The number of aromatic nitrogens is 1. The molecule has 5 nitrogen and oxygen atoms in total. The largest absolute Gasteiger partial charge is 0.383 e. The number of hydrogen-bond acceptors (Lipinski definition) is 4. The molecule has 1 rings (SSSR count). The number of carbonyl (C=O) groups is 1. The van der Waals surface area contributed by atoms with E-state index < -0.39 is 0 Å². The minimum atomic E-state index is -0.220. The smallest absolute Gasteiger partial charge is 0.253 e. The number of anilines is 1. The summed E-state index contributed by atoms with van der Waals surface area (Å²) < 4.78 is 5.03. The van der Waals surface area contributed by atoms with Crippen LogP contribution in [0.5, 0.6) is 0 Å². The van der Waals surface area contributed by atoms with Gasteiger partial charge < -0.3 is 15.4 Å². The summed E-state index contributed by atoms with van der Waals surface area (Å²) in [6, 6.07) is 1.60. The molecule has 1 aromatic heterocycles. The maximum atomic E-state index is 12.1. The summed E-state index contributed by atoms with van der Waals surface area (Å²) in [6.07, 6.45) is 2.25. The van der Waals surface area contributed by atoms with E-state index in [0.717, 1.165) is 6.42 Å². The molecule has 6 heteroatoms. The highest BCUT2D eigenvalue weighted by Crippen LogP contribution is 2.17. The average molecular weight is 272 g/mol. The number of amides is 1. The van der Waals surface area contributed by atoms with Gasteiger partial charge in [-0.25, -0.2) is 4.98 Å². The quantitative estimate of drug-likeness (QED) is 0.830. The molecule has 0 bridgehead atoms. The lowest BCUT2D eigenvalue weighted by atomic mass is 10.2. The van der Waals surface area contributed by atoms with Gasteiger partial charge in [-0.1, -0.05) is 18.5 Å².